The second-order valence-corrected chi connectivity index (χ2v) is 24.1. The number of ether oxygens (including phenoxy) is 8. The van der Waals surface area contributed by atoms with Crippen LogP contribution in [0.2, 0.25) is 0 Å². The summed E-state index contributed by atoms with van der Waals surface area (Å²) in [5, 5.41) is 172. The van der Waals surface area contributed by atoms with Gasteiger partial charge in [-0.1, -0.05) is 39.3 Å². The maximum absolute atomic E-state index is 12.2. The van der Waals surface area contributed by atoms with Gasteiger partial charge in [-0.05, 0) is 91.8 Å². The SMILES string of the molecule is CC(CC[C@@]1(O)O[C@H]2CC3C4CC=C5CC([C@@]6(O[C@@H]7O[C@H](CO)[C@@H](O)[C@H](O)[C@H]7O)O[C@H](CO)[C@@H](O)[C@H](O)[C@H]6O[C@@H]6O[C@H](CO)[C@@H](O)[C@H](O)[C@H]6O)CC[C@]5(C)C4CC[C@]3(C)[C@H]2[C@@H]1C)CO[C@@H]1O[C@H](CO)[C@@H](O)[C@H](O)[C@H]1O. The first-order valence-corrected chi connectivity index (χ1v) is 27.0. The van der Waals surface area contributed by atoms with Crippen LogP contribution in [0.3, 0.4) is 0 Å². The van der Waals surface area contributed by atoms with Crippen molar-refractivity contribution in [2.75, 3.05) is 33.0 Å². The summed E-state index contributed by atoms with van der Waals surface area (Å²) in [4.78, 5) is 0. The van der Waals surface area contributed by atoms with Gasteiger partial charge in [0, 0.05) is 18.3 Å². The molecule has 5 aliphatic heterocycles. The molecule has 75 heavy (non-hydrogen) atoms. The zero-order valence-corrected chi connectivity index (χ0v) is 43.0. The molecule has 0 bridgehead atoms. The van der Waals surface area contributed by atoms with Gasteiger partial charge >= 0.3 is 0 Å². The molecule has 24 nitrogen and oxygen atoms in total. The Kier molecular flexibility index (Phi) is 17.3. The minimum Gasteiger partial charge on any atom is -0.394 e. The quantitative estimate of drug-likeness (QED) is 0.0688. The maximum Gasteiger partial charge on any atom is 0.204 e. The largest absolute Gasteiger partial charge is 0.394 e. The van der Waals surface area contributed by atoms with Crippen LogP contribution in [0.25, 0.3) is 0 Å². The van der Waals surface area contributed by atoms with E-state index in [9.17, 15) is 81.7 Å². The van der Waals surface area contributed by atoms with E-state index in [1.807, 2.05) is 6.92 Å². The molecule has 24 heteroatoms. The minimum absolute atomic E-state index is 0.0628. The molecule has 0 aromatic heterocycles. The predicted molar refractivity (Wildman–Crippen MR) is 251 cm³/mol. The summed E-state index contributed by atoms with van der Waals surface area (Å²) in [5.74, 6) is -4.22. The predicted octanol–water partition coefficient (Wildman–Crippen LogP) is -4.44. The van der Waals surface area contributed by atoms with Crippen molar-refractivity contribution in [1.82, 2.24) is 0 Å². The third kappa shape index (κ3) is 9.91. The van der Waals surface area contributed by atoms with Gasteiger partial charge in [0.25, 0.3) is 0 Å². The Labute approximate surface area is 435 Å². The fraction of sp³-hybridized carbons (Fsp3) is 0.961. The van der Waals surface area contributed by atoms with Gasteiger partial charge in [-0.25, -0.2) is 0 Å². The number of aliphatic hydroxyl groups is 16. The molecule has 432 valence electrons. The molecule has 0 radical (unpaired) electrons. The van der Waals surface area contributed by atoms with Crippen LogP contribution in [-0.4, -0.2) is 249 Å². The first kappa shape index (κ1) is 58.4. The second-order valence-electron chi connectivity index (χ2n) is 24.1. The lowest BCUT2D eigenvalue weighted by Crippen LogP contribution is -2.73. The summed E-state index contributed by atoms with van der Waals surface area (Å²) in [7, 11) is 0. The van der Waals surface area contributed by atoms with Crippen molar-refractivity contribution >= 4 is 0 Å². The van der Waals surface area contributed by atoms with Crippen molar-refractivity contribution in [3.63, 3.8) is 0 Å². The Morgan fingerprint density at radius 1 is 0.640 bits per heavy atom. The van der Waals surface area contributed by atoms with Crippen LogP contribution in [0, 0.1) is 52.3 Å². The number of hydrogen-bond acceptors (Lipinski definition) is 24. The van der Waals surface area contributed by atoms with Crippen LogP contribution in [-0.2, 0) is 37.9 Å². The fourth-order valence-corrected chi connectivity index (χ4v) is 15.5. The number of aliphatic hydroxyl groups excluding tert-OH is 15. The van der Waals surface area contributed by atoms with E-state index in [4.69, 9.17) is 37.9 Å². The molecule has 5 unspecified atom stereocenters. The molecular weight excluding hydrogens is 997 g/mol. The zero-order valence-electron chi connectivity index (χ0n) is 43.0. The van der Waals surface area contributed by atoms with Crippen LogP contribution in [0.1, 0.15) is 85.5 Å². The molecule has 0 amide bonds. The molecule has 0 aromatic carbocycles. The van der Waals surface area contributed by atoms with Gasteiger partial charge in [0.15, 0.2) is 24.7 Å². The lowest BCUT2D eigenvalue weighted by atomic mass is 9.46. The first-order chi connectivity index (χ1) is 35.4. The molecule has 9 aliphatic rings. The van der Waals surface area contributed by atoms with E-state index in [1.54, 1.807) is 0 Å². The van der Waals surface area contributed by atoms with Gasteiger partial charge in [0.05, 0.1) is 39.1 Å². The Hall–Kier alpha value is -1.22. The molecule has 5 saturated heterocycles. The smallest absolute Gasteiger partial charge is 0.204 e. The Morgan fingerprint density at radius 3 is 1.79 bits per heavy atom. The van der Waals surface area contributed by atoms with Crippen molar-refractivity contribution in [3.05, 3.63) is 11.6 Å². The van der Waals surface area contributed by atoms with Gasteiger partial charge in [0.1, 0.15) is 97.7 Å². The molecule has 31 atom stereocenters. The molecule has 5 heterocycles. The van der Waals surface area contributed by atoms with E-state index in [0.717, 1.165) is 24.8 Å². The molecule has 3 saturated carbocycles. The van der Waals surface area contributed by atoms with Crippen molar-refractivity contribution in [1.29, 1.82) is 0 Å². The lowest BCUT2D eigenvalue weighted by Gasteiger charge is -2.61. The third-order valence-electron chi connectivity index (χ3n) is 20.0. The fourth-order valence-electron chi connectivity index (χ4n) is 15.5. The summed E-state index contributed by atoms with van der Waals surface area (Å²) in [6.07, 6.45) is -25.3. The van der Waals surface area contributed by atoms with Gasteiger partial charge in [-0.3, -0.25) is 0 Å². The van der Waals surface area contributed by atoms with Crippen molar-refractivity contribution < 1.29 is 120 Å². The highest BCUT2D eigenvalue weighted by Gasteiger charge is 2.70. The minimum atomic E-state index is -2.36. The lowest BCUT2D eigenvalue weighted by molar-refractivity contribution is -0.455. The molecule has 0 spiro atoms. The summed E-state index contributed by atoms with van der Waals surface area (Å²) in [6.45, 7) is 5.60. The molecule has 16 N–H and O–H groups in total. The Balaban J connectivity index is 0.939. The molecular formula is C51H84O24. The summed E-state index contributed by atoms with van der Waals surface area (Å²) in [5.41, 5.74) is 0.468. The normalized spacial score (nSPS) is 55.3. The number of rotatable bonds is 15. The second kappa shape index (κ2) is 22.3. The standard InChI is InChI=1S/C51H84O24/c1-20(19-68-45-41(64)37(60)33(56)28(15-52)69-45)7-12-50(67)21(2)32-27(73-50)14-26-24-6-5-22-13-23(8-10-48(22,3)25(24)9-11-49(26,32)4)51(75-47-43(66)39(62)35(58)30(17-54)71-47)44(40(63)36(59)31(18-55)74-51)72-46-42(65)38(61)34(57)29(16-53)70-46/h5,20-21,23-47,52-67H,6-19H2,1-4H3/t20?,21-,23?,24?,25?,26?,27-,28+,29+,30+,31+,32-,33+,34+,35+,36+,37-,38-,39-,40-,41+,42+,43+,44+,45+,46-,47-,48-,49-,50+,51-/m0/s1. The van der Waals surface area contributed by atoms with Crippen molar-refractivity contribution in [3.8, 4) is 0 Å². The van der Waals surface area contributed by atoms with Crippen molar-refractivity contribution in [2.45, 2.75) is 220 Å². The number of allylic oxidation sites excluding steroid dienone is 2. The van der Waals surface area contributed by atoms with E-state index < -0.39 is 160 Å². The van der Waals surface area contributed by atoms with Gasteiger partial charge < -0.3 is 120 Å². The molecule has 4 aliphatic carbocycles. The highest BCUT2D eigenvalue weighted by atomic mass is 16.8. The average molecular weight is 1080 g/mol. The Bertz CT molecular complexity index is 1970. The highest BCUT2D eigenvalue weighted by molar-refractivity contribution is 5.27. The highest BCUT2D eigenvalue weighted by Crippen LogP contribution is 2.71. The average Bonchev–Trinajstić information content (AvgIpc) is 3.94. The molecule has 8 fully saturated rings. The van der Waals surface area contributed by atoms with E-state index >= 15 is 0 Å². The van der Waals surface area contributed by atoms with E-state index in [2.05, 4.69) is 26.8 Å². The van der Waals surface area contributed by atoms with Crippen LogP contribution >= 0.6 is 0 Å². The van der Waals surface area contributed by atoms with Crippen LogP contribution in [0.4, 0.5) is 0 Å². The third-order valence-corrected chi connectivity index (χ3v) is 20.0. The van der Waals surface area contributed by atoms with Gasteiger partial charge in [-0.15, -0.1) is 0 Å². The molecule has 0 aromatic rings. The van der Waals surface area contributed by atoms with Gasteiger partial charge in [0.2, 0.25) is 5.79 Å². The topological polar surface area (TPSA) is 398 Å². The number of fused-ring (bicyclic) bond motifs is 7. The van der Waals surface area contributed by atoms with E-state index in [1.165, 1.54) is 0 Å². The monoisotopic (exact) mass is 1080 g/mol. The summed E-state index contributed by atoms with van der Waals surface area (Å²) in [6, 6.07) is 0. The first-order valence-electron chi connectivity index (χ1n) is 27.0. The Morgan fingerprint density at radius 2 is 1.19 bits per heavy atom. The van der Waals surface area contributed by atoms with E-state index in [-0.39, 0.29) is 71.9 Å². The zero-order chi connectivity index (χ0) is 54.4. The van der Waals surface area contributed by atoms with Crippen LogP contribution in [0.15, 0.2) is 11.6 Å². The van der Waals surface area contributed by atoms with Crippen molar-refractivity contribution in [2.24, 2.45) is 52.3 Å². The van der Waals surface area contributed by atoms with E-state index in [0.29, 0.717) is 25.7 Å². The van der Waals surface area contributed by atoms with Crippen LogP contribution < -0.4 is 0 Å². The van der Waals surface area contributed by atoms with Crippen LogP contribution in [0.5, 0.6) is 0 Å². The maximum atomic E-state index is 12.2. The summed E-state index contributed by atoms with van der Waals surface area (Å²) >= 11 is 0. The van der Waals surface area contributed by atoms with Gasteiger partial charge in [-0.2, -0.15) is 0 Å². The number of hydrogen-bond donors (Lipinski definition) is 16. The molecule has 9 rings (SSSR count). The summed E-state index contributed by atoms with van der Waals surface area (Å²) < 4.78 is 49.0.